The Morgan fingerprint density at radius 3 is 2.95 bits per heavy atom. The third-order valence-electron chi connectivity index (χ3n) is 7.43. The average molecular weight is 534 g/mol. The van der Waals surface area contributed by atoms with E-state index in [4.69, 9.17) is 9.47 Å². The molecular formula is C27H31N7O5. The van der Waals surface area contributed by atoms with E-state index in [2.05, 4.69) is 26.7 Å². The highest BCUT2D eigenvalue weighted by Gasteiger charge is 2.29. The van der Waals surface area contributed by atoms with Crippen molar-refractivity contribution < 1.29 is 23.9 Å². The first-order valence-corrected chi connectivity index (χ1v) is 13.1. The van der Waals surface area contributed by atoms with Gasteiger partial charge in [0.15, 0.2) is 6.29 Å². The van der Waals surface area contributed by atoms with Crippen LogP contribution in [-0.4, -0.2) is 78.7 Å². The van der Waals surface area contributed by atoms with Gasteiger partial charge in [-0.25, -0.2) is 14.8 Å². The van der Waals surface area contributed by atoms with Crippen LogP contribution in [0.3, 0.4) is 0 Å². The van der Waals surface area contributed by atoms with E-state index in [1.54, 1.807) is 18.1 Å². The van der Waals surface area contributed by atoms with Crippen molar-refractivity contribution >= 4 is 35.5 Å². The SMILES string of the molecule is COC1CCCC1Nc1cc(NC(=O)N2CCCc3cc(CN4CCOCC4=O)c(C=O)nc32)ncc1C#N. The van der Waals surface area contributed by atoms with Gasteiger partial charge in [-0.05, 0) is 43.7 Å². The lowest BCUT2D eigenvalue weighted by Crippen LogP contribution is -2.42. The standard InChI is InChI=1S/C27H31N7O5/c1-38-23-6-2-5-20(23)30-21-11-24(29-13-19(21)12-28)32-27(37)34-7-3-4-17-10-18(22(15-35)31-26(17)34)14-33-8-9-39-16-25(33)36/h10-11,13,15,20,23H,2-9,14,16H2,1H3,(H2,29,30,32,37). The summed E-state index contributed by atoms with van der Waals surface area (Å²) in [6, 6.07) is 5.29. The van der Waals surface area contributed by atoms with Crippen molar-refractivity contribution in [1.29, 1.82) is 5.26 Å². The summed E-state index contributed by atoms with van der Waals surface area (Å²) in [6.07, 6.45) is 6.44. The first-order valence-electron chi connectivity index (χ1n) is 13.1. The summed E-state index contributed by atoms with van der Waals surface area (Å²) in [6.45, 7) is 1.60. The minimum Gasteiger partial charge on any atom is -0.379 e. The number of hydrogen-bond acceptors (Lipinski definition) is 9. The number of morpholine rings is 1. The first kappa shape index (κ1) is 26.5. The van der Waals surface area contributed by atoms with Crippen LogP contribution in [0.25, 0.3) is 0 Å². The van der Waals surface area contributed by atoms with Crippen LogP contribution in [0.4, 0.5) is 22.1 Å². The second-order valence-corrected chi connectivity index (χ2v) is 9.87. The van der Waals surface area contributed by atoms with Crippen molar-refractivity contribution in [2.75, 3.05) is 48.9 Å². The number of ether oxygens (including phenoxy) is 2. The zero-order valence-electron chi connectivity index (χ0n) is 21.8. The molecule has 2 aromatic heterocycles. The number of methoxy groups -OCH3 is 1. The Bertz CT molecular complexity index is 1310. The van der Waals surface area contributed by atoms with Crippen molar-refractivity contribution in [3.05, 3.63) is 40.7 Å². The van der Waals surface area contributed by atoms with E-state index < -0.39 is 6.03 Å². The van der Waals surface area contributed by atoms with Crippen LogP contribution in [0.1, 0.15) is 52.9 Å². The summed E-state index contributed by atoms with van der Waals surface area (Å²) in [7, 11) is 1.68. The number of amides is 3. The number of rotatable bonds is 7. The van der Waals surface area contributed by atoms with Gasteiger partial charge in [0.25, 0.3) is 0 Å². The molecule has 3 amide bonds. The molecule has 0 bridgehead atoms. The third-order valence-corrected chi connectivity index (χ3v) is 7.43. The second kappa shape index (κ2) is 11.8. The monoisotopic (exact) mass is 533 g/mol. The number of anilines is 3. The Balaban J connectivity index is 1.35. The number of nitrogens with zero attached hydrogens (tertiary/aromatic N) is 5. The van der Waals surface area contributed by atoms with E-state index in [9.17, 15) is 19.6 Å². The van der Waals surface area contributed by atoms with E-state index >= 15 is 0 Å². The maximum atomic E-state index is 13.4. The molecule has 2 unspecified atom stereocenters. The van der Waals surface area contributed by atoms with Gasteiger partial charge in [-0.15, -0.1) is 0 Å². The Labute approximate surface area is 226 Å². The Morgan fingerprint density at radius 2 is 2.18 bits per heavy atom. The lowest BCUT2D eigenvalue weighted by molar-refractivity contribution is -0.143. The van der Waals surface area contributed by atoms with Gasteiger partial charge in [0, 0.05) is 44.6 Å². The molecule has 2 aromatic rings. The quantitative estimate of drug-likeness (QED) is 0.512. The molecule has 5 rings (SSSR count). The molecule has 1 saturated carbocycles. The van der Waals surface area contributed by atoms with Gasteiger partial charge in [-0.1, -0.05) is 0 Å². The molecule has 204 valence electrons. The van der Waals surface area contributed by atoms with Crippen molar-refractivity contribution in [2.24, 2.45) is 0 Å². The molecule has 2 atom stereocenters. The highest BCUT2D eigenvalue weighted by atomic mass is 16.5. The highest BCUT2D eigenvalue weighted by molar-refractivity contribution is 6.02. The van der Waals surface area contributed by atoms with E-state index in [0.717, 1.165) is 24.8 Å². The van der Waals surface area contributed by atoms with Crippen molar-refractivity contribution in [1.82, 2.24) is 14.9 Å². The summed E-state index contributed by atoms with van der Waals surface area (Å²) in [5.74, 6) is 0.573. The van der Waals surface area contributed by atoms with Gasteiger partial charge in [0.2, 0.25) is 5.91 Å². The molecule has 2 N–H and O–H groups in total. The van der Waals surface area contributed by atoms with E-state index in [1.807, 2.05) is 6.07 Å². The summed E-state index contributed by atoms with van der Waals surface area (Å²) in [5, 5.41) is 15.8. The molecule has 1 saturated heterocycles. The predicted molar refractivity (Wildman–Crippen MR) is 142 cm³/mol. The molecule has 2 aliphatic heterocycles. The molecule has 12 nitrogen and oxygen atoms in total. The van der Waals surface area contributed by atoms with Crippen molar-refractivity contribution in [3.8, 4) is 6.07 Å². The zero-order valence-corrected chi connectivity index (χ0v) is 21.8. The van der Waals surface area contributed by atoms with Gasteiger partial charge in [0.05, 0.1) is 30.0 Å². The van der Waals surface area contributed by atoms with Gasteiger partial charge in [-0.2, -0.15) is 5.26 Å². The van der Waals surface area contributed by atoms with Crippen LogP contribution in [-0.2, 0) is 27.2 Å². The van der Waals surface area contributed by atoms with Gasteiger partial charge < -0.3 is 19.7 Å². The number of nitrogens with one attached hydrogen (secondary N) is 2. The molecule has 3 aliphatic rings. The predicted octanol–water partition coefficient (Wildman–Crippen LogP) is 2.48. The van der Waals surface area contributed by atoms with Crippen LogP contribution < -0.4 is 15.5 Å². The van der Waals surface area contributed by atoms with Gasteiger partial charge in [-0.3, -0.25) is 19.8 Å². The normalized spacial score (nSPS) is 20.8. The second-order valence-electron chi connectivity index (χ2n) is 9.87. The number of carbonyl (C=O) groups excluding carboxylic acids is 3. The molecule has 0 spiro atoms. The number of pyridine rings is 2. The third kappa shape index (κ3) is 5.69. The van der Waals surface area contributed by atoms with Gasteiger partial charge >= 0.3 is 6.03 Å². The van der Waals surface area contributed by atoms with Gasteiger partial charge in [0.1, 0.15) is 30.0 Å². The molecular weight excluding hydrogens is 502 g/mol. The summed E-state index contributed by atoms with van der Waals surface area (Å²) in [4.78, 5) is 49.4. The number of hydrogen-bond donors (Lipinski definition) is 2. The topological polar surface area (TPSA) is 150 Å². The largest absolute Gasteiger partial charge is 0.379 e. The van der Waals surface area contributed by atoms with E-state index in [1.165, 1.54) is 11.1 Å². The lowest BCUT2D eigenvalue weighted by atomic mass is 10.0. The minimum atomic E-state index is -0.435. The number of aldehydes is 1. The van der Waals surface area contributed by atoms with Crippen LogP contribution in [0.5, 0.6) is 0 Å². The number of aromatic nitrogens is 2. The fourth-order valence-corrected chi connectivity index (χ4v) is 5.39. The lowest BCUT2D eigenvalue weighted by Gasteiger charge is -2.31. The van der Waals surface area contributed by atoms with Crippen LogP contribution >= 0.6 is 0 Å². The van der Waals surface area contributed by atoms with E-state index in [0.29, 0.717) is 67.3 Å². The first-order chi connectivity index (χ1) is 19.0. The molecule has 1 aliphatic carbocycles. The van der Waals surface area contributed by atoms with Crippen molar-refractivity contribution in [3.63, 3.8) is 0 Å². The smallest absolute Gasteiger partial charge is 0.328 e. The maximum Gasteiger partial charge on any atom is 0.328 e. The molecule has 39 heavy (non-hydrogen) atoms. The number of nitriles is 1. The highest BCUT2D eigenvalue weighted by Crippen LogP contribution is 2.30. The summed E-state index contributed by atoms with van der Waals surface area (Å²) in [5.41, 5.74) is 2.63. The van der Waals surface area contributed by atoms with Crippen LogP contribution in [0.2, 0.25) is 0 Å². The summed E-state index contributed by atoms with van der Waals surface area (Å²) < 4.78 is 10.7. The molecule has 0 aromatic carbocycles. The molecule has 12 heteroatoms. The number of urea groups is 1. The Morgan fingerprint density at radius 1 is 1.31 bits per heavy atom. The Kier molecular flexibility index (Phi) is 7.99. The number of fused-ring (bicyclic) bond motifs is 1. The zero-order chi connectivity index (χ0) is 27.4. The number of aryl methyl sites for hydroxylation is 1. The molecule has 0 radical (unpaired) electrons. The van der Waals surface area contributed by atoms with Crippen LogP contribution in [0.15, 0.2) is 18.3 Å². The van der Waals surface area contributed by atoms with Crippen molar-refractivity contribution in [2.45, 2.75) is 50.8 Å². The average Bonchev–Trinajstić information content (AvgIpc) is 3.40. The van der Waals surface area contributed by atoms with E-state index in [-0.39, 0.29) is 36.9 Å². The fraction of sp³-hybridized carbons (Fsp3) is 0.481. The fourth-order valence-electron chi connectivity index (χ4n) is 5.39. The minimum absolute atomic E-state index is 0.0248. The van der Waals surface area contributed by atoms with Crippen LogP contribution in [0, 0.1) is 11.3 Å². The maximum absolute atomic E-state index is 13.4. The Hall–Kier alpha value is -4.08. The number of carbonyl (C=O) groups is 3. The summed E-state index contributed by atoms with van der Waals surface area (Å²) >= 11 is 0. The molecule has 2 fully saturated rings. The molecule has 4 heterocycles.